The van der Waals surface area contributed by atoms with Crippen molar-refractivity contribution in [1.82, 2.24) is 4.90 Å². The van der Waals surface area contributed by atoms with Crippen LogP contribution in [-0.4, -0.2) is 43.2 Å². The fraction of sp³-hybridized carbons (Fsp3) is 0.417. The average molecular weight is 219 g/mol. The topological polar surface area (TPSA) is 45.0 Å². The second kappa shape index (κ2) is 6.85. The summed E-state index contributed by atoms with van der Waals surface area (Å²) in [5, 5.41) is 0. The van der Waals surface area contributed by atoms with Gasteiger partial charge in [-0.2, -0.15) is 0 Å². The molecule has 0 saturated heterocycles. The van der Waals surface area contributed by atoms with Crippen LogP contribution < -0.4 is 0 Å². The standard InChI is InChI=1S/C7H12N2.C5H5NO/c1-9(2)6-7-4-3-5-8-7;7-4-5-2-1-3-6-5/h3,5H,4,6H2,1-2H3;1,3-4H,2H2. The third-order valence-electron chi connectivity index (χ3n) is 2.02. The maximum absolute atomic E-state index is 9.84. The van der Waals surface area contributed by atoms with Crippen molar-refractivity contribution in [3.8, 4) is 0 Å². The van der Waals surface area contributed by atoms with Crippen molar-refractivity contribution in [3.63, 3.8) is 0 Å². The Balaban J connectivity index is 0.000000165. The van der Waals surface area contributed by atoms with E-state index >= 15 is 0 Å². The number of aldehydes is 1. The molecule has 4 heteroatoms. The molecule has 0 atom stereocenters. The molecule has 0 spiro atoms. The first kappa shape index (κ1) is 12.5. The molecule has 0 unspecified atom stereocenters. The van der Waals surface area contributed by atoms with E-state index in [0.29, 0.717) is 12.1 Å². The van der Waals surface area contributed by atoms with Gasteiger partial charge in [0.1, 0.15) is 0 Å². The van der Waals surface area contributed by atoms with Crippen LogP contribution in [0.15, 0.2) is 34.5 Å². The summed E-state index contributed by atoms with van der Waals surface area (Å²) in [6.45, 7) is 0.993. The van der Waals surface area contributed by atoms with Crippen molar-refractivity contribution < 1.29 is 4.79 Å². The van der Waals surface area contributed by atoms with Crippen molar-refractivity contribution in [2.75, 3.05) is 20.6 Å². The summed E-state index contributed by atoms with van der Waals surface area (Å²) in [6, 6.07) is 0. The molecule has 0 fully saturated rings. The summed E-state index contributed by atoms with van der Waals surface area (Å²) in [5.74, 6) is 0. The molecule has 0 aromatic rings. The highest BCUT2D eigenvalue weighted by Gasteiger charge is 2.00. The first-order chi connectivity index (χ1) is 7.72. The minimum Gasteiger partial charge on any atom is -0.304 e. The Morgan fingerprint density at radius 1 is 1.25 bits per heavy atom. The van der Waals surface area contributed by atoms with Crippen molar-refractivity contribution in [3.05, 3.63) is 24.6 Å². The fourth-order valence-electron chi connectivity index (χ4n) is 1.32. The van der Waals surface area contributed by atoms with Crippen molar-refractivity contribution in [1.29, 1.82) is 0 Å². The largest absolute Gasteiger partial charge is 0.304 e. The van der Waals surface area contributed by atoms with E-state index < -0.39 is 0 Å². The van der Waals surface area contributed by atoms with E-state index in [2.05, 4.69) is 35.1 Å². The van der Waals surface area contributed by atoms with E-state index in [9.17, 15) is 4.79 Å². The molecular formula is C12H17N3O. The average Bonchev–Trinajstić information content (AvgIpc) is 2.88. The molecule has 0 saturated carbocycles. The monoisotopic (exact) mass is 219 g/mol. The molecule has 0 aliphatic carbocycles. The molecule has 0 radical (unpaired) electrons. The second-order valence-corrected chi connectivity index (χ2v) is 3.85. The van der Waals surface area contributed by atoms with Crippen LogP contribution >= 0.6 is 0 Å². The molecule has 4 nitrogen and oxygen atoms in total. The Hall–Kier alpha value is -1.55. The van der Waals surface area contributed by atoms with Crippen molar-refractivity contribution in [2.24, 2.45) is 9.98 Å². The lowest BCUT2D eigenvalue weighted by Crippen LogP contribution is -2.20. The van der Waals surface area contributed by atoms with E-state index in [1.807, 2.05) is 12.3 Å². The van der Waals surface area contributed by atoms with Crippen LogP contribution in [0.3, 0.4) is 0 Å². The highest BCUT2D eigenvalue weighted by Crippen LogP contribution is 1.99. The molecule has 0 bridgehead atoms. The van der Waals surface area contributed by atoms with Gasteiger partial charge in [0.05, 0.1) is 5.71 Å². The van der Waals surface area contributed by atoms with Crippen LogP contribution in [0.1, 0.15) is 12.8 Å². The Morgan fingerprint density at radius 3 is 2.31 bits per heavy atom. The minimum absolute atomic E-state index is 0.625. The zero-order chi connectivity index (χ0) is 11.8. The molecule has 0 amide bonds. The van der Waals surface area contributed by atoms with E-state index in [4.69, 9.17) is 0 Å². The summed E-state index contributed by atoms with van der Waals surface area (Å²) >= 11 is 0. The normalized spacial score (nSPS) is 16.9. The van der Waals surface area contributed by atoms with Crippen LogP contribution in [0.25, 0.3) is 0 Å². The van der Waals surface area contributed by atoms with Crippen LogP contribution in [0.4, 0.5) is 0 Å². The van der Waals surface area contributed by atoms with Gasteiger partial charge in [-0.25, -0.2) is 0 Å². The lowest BCUT2D eigenvalue weighted by Gasteiger charge is -2.07. The van der Waals surface area contributed by atoms with E-state index in [1.54, 1.807) is 6.20 Å². The molecule has 16 heavy (non-hydrogen) atoms. The first-order valence-corrected chi connectivity index (χ1v) is 5.24. The molecular weight excluding hydrogens is 202 g/mol. The maximum atomic E-state index is 9.84. The zero-order valence-corrected chi connectivity index (χ0v) is 9.76. The van der Waals surface area contributed by atoms with Gasteiger partial charge in [0.2, 0.25) is 0 Å². The lowest BCUT2D eigenvalue weighted by molar-refractivity contribution is -0.102. The minimum atomic E-state index is 0.625. The molecule has 2 heterocycles. The Morgan fingerprint density at radius 2 is 1.94 bits per heavy atom. The summed E-state index contributed by atoms with van der Waals surface area (Å²) in [5.41, 5.74) is 1.89. The van der Waals surface area contributed by atoms with Crippen molar-refractivity contribution >= 4 is 17.7 Å². The summed E-state index contributed by atoms with van der Waals surface area (Å²) in [4.78, 5) is 19.9. The van der Waals surface area contributed by atoms with Crippen LogP contribution in [0.2, 0.25) is 0 Å². The van der Waals surface area contributed by atoms with E-state index in [-0.39, 0.29) is 0 Å². The summed E-state index contributed by atoms with van der Waals surface area (Å²) in [7, 11) is 4.11. The summed E-state index contributed by atoms with van der Waals surface area (Å²) < 4.78 is 0. The smallest absolute Gasteiger partial charge is 0.164 e. The number of nitrogens with zero attached hydrogens (tertiary/aromatic N) is 3. The second-order valence-electron chi connectivity index (χ2n) is 3.85. The van der Waals surface area contributed by atoms with Gasteiger partial charge in [-0.3, -0.25) is 14.8 Å². The number of hydrogen-bond donors (Lipinski definition) is 0. The predicted molar refractivity (Wildman–Crippen MR) is 67.0 cm³/mol. The number of allylic oxidation sites excluding steroid dienone is 2. The zero-order valence-electron chi connectivity index (χ0n) is 9.76. The van der Waals surface area contributed by atoms with Gasteiger partial charge in [-0.15, -0.1) is 0 Å². The molecule has 0 N–H and O–H groups in total. The molecule has 86 valence electrons. The molecule has 2 aliphatic heterocycles. The molecule has 0 aromatic carbocycles. The molecule has 2 aliphatic rings. The molecule has 0 aromatic heterocycles. The van der Waals surface area contributed by atoms with Gasteiger partial charge >= 0.3 is 0 Å². The Kier molecular flexibility index (Phi) is 5.36. The highest BCUT2D eigenvalue weighted by atomic mass is 16.1. The van der Waals surface area contributed by atoms with Crippen molar-refractivity contribution in [2.45, 2.75) is 12.8 Å². The Bertz CT molecular complexity index is 351. The number of hydrogen-bond acceptors (Lipinski definition) is 4. The third-order valence-corrected chi connectivity index (χ3v) is 2.02. The van der Waals surface area contributed by atoms with Gasteiger partial charge in [0.25, 0.3) is 0 Å². The van der Waals surface area contributed by atoms with E-state index in [1.165, 1.54) is 5.71 Å². The van der Waals surface area contributed by atoms with Crippen LogP contribution in [0.5, 0.6) is 0 Å². The lowest BCUT2D eigenvalue weighted by atomic mass is 10.3. The number of rotatable bonds is 3. The number of carbonyl (C=O) groups is 1. The van der Waals surface area contributed by atoms with Crippen LogP contribution in [0, 0.1) is 0 Å². The number of carbonyl (C=O) groups excluding carboxylic acids is 1. The summed E-state index contributed by atoms with van der Waals surface area (Å²) in [6.07, 6.45) is 9.98. The third kappa shape index (κ3) is 4.79. The maximum Gasteiger partial charge on any atom is 0.164 e. The number of aliphatic imine (C=N–C) groups is 2. The van der Waals surface area contributed by atoms with Gasteiger partial charge in [0.15, 0.2) is 6.29 Å². The quantitative estimate of drug-likeness (QED) is 0.674. The first-order valence-electron chi connectivity index (χ1n) is 5.24. The van der Waals surface area contributed by atoms with Gasteiger partial charge in [0, 0.05) is 37.5 Å². The van der Waals surface area contributed by atoms with Gasteiger partial charge in [-0.1, -0.05) is 12.2 Å². The van der Waals surface area contributed by atoms with Crippen LogP contribution in [-0.2, 0) is 4.79 Å². The Labute approximate surface area is 96.1 Å². The molecule has 2 rings (SSSR count). The van der Waals surface area contributed by atoms with E-state index in [0.717, 1.165) is 19.3 Å². The fourth-order valence-corrected chi connectivity index (χ4v) is 1.32. The SMILES string of the molecule is CN(C)CC1=NC=CC1.O=CC1=NC=CC1. The van der Waals surface area contributed by atoms with Gasteiger partial charge in [-0.05, 0) is 14.1 Å². The van der Waals surface area contributed by atoms with Gasteiger partial charge < -0.3 is 4.90 Å². The predicted octanol–water partition coefficient (Wildman–Crippen LogP) is 1.45. The highest BCUT2D eigenvalue weighted by molar-refractivity contribution is 6.29.